The first-order chi connectivity index (χ1) is 18.5. The smallest absolute Gasteiger partial charge is 0.266 e. The van der Waals surface area contributed by atoms with Crippen molar-refractivity contribution in [2.24, 2.45) is 0 Å². The zero-order valence-electron chi connectivity index (χ0n) is 22.8. The van der Waals surface area contributed by atoms with Crippen molar-refractivity contribution < 1.29 is 9.53 Å². The maximum absolute atomic E-state index is 13.9. The maximum Gasteiger partial charge on any atom is 0.266 e. The van der Waals surface area contributed by atoms with Crippen LogP contribution in [0.2, 0.25) is 0 Å². The predicted octanol–water partition coefficient (Wildman–Crippen LogP) is 6.74. The fourth-order valence-corrected chi connectivity index (χ4v) is 4.71. The quantitative estimate of drug-likeness (QED) is 0.224. The Labute approximate surface area is 224 Å². The average molecular weight is 512 g/mol. The second kappa shape index (κ2) is 12.5. The summed E-state index contributed by atoms with van der Waals surface area (Å²) >= 11 is 0. The molecule has 6 nitrogen and oxygen atoms in total. The maximum atomic E-state index is 13.9. The summed E-state index contributed by atoms with van der Waals surface area (Å²) in [6.45, 7) is 6.81. The van der Waals surface area contributed by atoms with Gasteiger partial charge >= 0.3 is 0 Å². The van der Waals surface area contributed by atoms with E-state index in [9.17, 15) is 9.59 Å². The highest BCUT2D eigenvalue weighted by molar-refractivity contribution is 5.94. The molecular weight excluding hydrogens is 474 g/mol. The minimum Gasteiger partial charge on any atom is -0.497 e. The fourth-order valence-electron chi connectivity index (χ4n) is 4.71. The minimum absolute atomic E-state index is 0.0586. The van der Waals surface area contributed by atoms with Gasteiger partial charge in [0.25, 0.3) is 11.5 Å². The lowest BCUT2D eigenvalue weighted by atomic mass is 10.0. The number of para-hydroxylation sites is 1. The molecule has 4 rings (SSSR count). The Morgan fingerprint density at radius 3 is 2.29 bits per heavy atom. The second-order valence-corrected chi connectivity index (χ2v) is 9.65. The number of amides is 1. The number of benzene rings is 3. The number of unbranched alkanes of at least 4 members (excludes halogenated alkanes) is 2. The summed E-state index contributed by atoms with van der Waals surface area (Å²) in [5.74, 6) is 1.17. The number of rotatable bonds is 11. The SMILES string of the molecule is CCCCc1ccc(C(=O)N(CCCC)C(C)c2nc3ccccc3c(=O)n2-c2ccc(OC)cc2)cc1. The van der Waals surface area contributed by atoms with Crippen molar-refractivity contribution in [1.82, 2.24) is 14.5 Å². The van der Waals surface area contributed by atoms with E-state index in [2.05, 4.69) is 13.8 Å². The number of methoxy groups -OCH3 is 1. The van der Waals surface area contributed by atoms with Gasteiger partial charge in [0.2, 0.25) is 0 Å². The number of ether oxygens (including phenoxy) is 1. The van der Waals surface area contributed by atoms with E-state index in [1.54, 1.807) is 17.7 Å². The Morgan fingerprint density at radius 2 is 1.63 bits per heavy atom. The topological polar surface area (TPSA) is 64.4 Å². The molecule has 0 saturated carbocycles. The molecule has 38 heavy (non-hydrogen) atoms. The lowest BCUT2D eigenvalue weighted by molar-refractivity contribution is 0.0678. The van der Waals surface area contributed by atoms with Gasteiger partial charge in [-0.25, -0.2) is 4.98 Å². The summed E-state index contributed by atoms with van der Waals surface area (Å²) in [5, 5.41) is 0.536. The monoisotopic (exact) mass is 511 g/mol. The number of nitrogens with zero attached hydrogens (tertiary/aromatic N) is 3. The normalized spacial score (nSPS) is 11.9. The molecule has 6 heteroatoms. The van der Waals surface area contributed by atoms with E-state index in [-0.39, 0.29) is 11.5 Å². The molecule has 0 aliphatic heterocycles. The first kappa shape index (κ1) is 27.1. The number of hydrogen-bond donors (Lipinski definition) is 0. The number of aromatic nitrogens is 2. The molecule has 0 aliphatic rings. The number of fused-ring (bicyclic) bond motifs is 1. The van der Waals surface area contributed by atoms with E-state index < -0.39 is 6.04 Å². The molecule has 4 aromatic rings. The summed E-state index contributed by atoms with van der Waals surface area (Å²) < 4.78 is 6.95. The Hall–Kier alpha value is -3.93. The second-order valence-electron chi connectivity index (χ2n) is 9.65. The predicted molar refractivity (Wildman–Crippen MR) is 153 cm³/mol. The van der Waals surface area contributed by atoms with Gasteiger partial charge in [0.15, 0.2) is 0 Å². The summed E-state index contributed by atoms with van der Waals surface area (Å²) in [7, 11) is 1.61. The van der Waals surface area contributed by atoms with Crippen LogP contribution in [0, 0.1) is 0 Å². The van der Waals surface area contributed by atoms with Gasteiger partial charge in [-0.1, -0.05) is 51.0 Å². The van der Waals surface area contributed by atoms with Gasteiger partial charge in [0, 0.05) is 12.1 Å². The largest absolute Gasteiger partial charge is 0.497 e. The molecule has 0 bridgehead atoms. The molecule has 3 aromatic carbocycles. The van der Waals surface area contributed by atoms with E-state index in [1.165, 1.54) is 5.56 Å². The molecule has 1 amide bonds. The third-order valence-electron chi connectivity index (χ3n) is 7.01. The van der Waals surface area contributed by atoms with Crippen LogP contribution in [0.25, 0.3) is 16.6 Å². The summed E-state index contributed by atoms with van der Waals surface area (Å²) in [5.41, 5.74) is 3.02. The van der Waals surface area contributed by atoms with Crippen LogP contribution in [0.4, 0.5) is 0 Å². The van der Waals surface area contributed by atoms with Crippen molar-refractivity contribution in [3.8, 4) is 11.4 Å². The Kier molecular flexibility index (Phi) is 8.95. The summed E-state index contributed by atoms with van der Waals surface area (Å²) in [6.07, 6.45) is 5.07. The summed E-state index contributed by atoms with van der Waals surface area (Å²) in [4.78, 5) is 34.5. The lowest BCUT2D eigenvalue weighted by Gasteiger charge is -2.31. The first-order valence-corrected chi connectivity index (χ1v) is 13.5. The molecule has 198 valence electrons. The molecule has 0 aliphatic carbocycles. The van der Waals surface area contributed by atoms with Gasteiger partial charge in [-0.2, -0.15) is 0 Å². The molecule has 1 heterocycles. The first-order valence-electron chi connectivity index (χ1n) is 13.5. The van der Waals surface area contributed by atoms with Crippen molar-refractivity contribution in [1.29, 1.82) is 0 Å². The van der Waals surface area contributed by atoms with Crippen LogP contribution in [-0.2, 0) is 6.42 Å². The minimum atomic E-state index is -0.437. The number of aryl methyl sites for hydroxylation is 1. The van der Waals surface area contributed by atoms with Crippen molar-refractivity contribution in [3.05, 3.63) is 100 Å². The van der Waals surface area contributed by atoms with Crippen LogP contribution in [0.3, 0.4) is 0 Å². The zero-order chi connectivity index (χ0) is 27.1. The third kappa shape index (κ3) is 5.80. The van der Waals surface area contributed by atoms with Crippen LogP contribution in [0.1, 0.15) is 74.2 Å². The highest BCUT2D eigenvalue weighted by Gasteiger charge is 2.27. The number of carbonyl (C=O) groups is 1. The van der Waals surface area contributed by atoms with E-state index in [4.69, 9.17) is 9.72 Å². The highest BCUT2D eigenvalue weighted by atomic mass is 16.5. The molecular formula is C32H37N3O3. The van der Waals surface area contributed by atoms with Gasteiger partial charge in [0.1, 0.15) is 11.6 Å². The van der Waals surface area contributed by atoms with Crippen molar-refractivity contribution >= 4 is 16.8 Å². The average Bonchev–Trinajstić information content (AvgIpc) is 2.96. The molecule has 0 saturated heterocycles. The van der Waals surface area contributed by atoms with E-state index in [0.717, 1.165) is 32.1 Å². The van der Waals surface area contributed by atoms with Crippen LogP contribution in [0.15, 0.2) is 77.6 Å². The molecule has 0 radical (unpaired) electrons. The summed E-state index contributed by atoms with van der Waals surface area (Å²) in [6, 6.07) is 22.2. The van der Waals surface area contributed by atoms with Crippen LogP contribution in [0.5, 0.6) is 5.75 Å². The van der Waals surface area contributed by atoms with Gasteiger partial charge in [-0.15, -0.1) is 0 Å². The molecule has 1 atom stereocenters. The Morgan fingerprint density at radius 1 is 0.947 bits per heavy atom. The standard InChI is InChI=1S/C32H37N3O3/c1-5-7-11-24-14-16-25(17-15-24)31(36)34(22-8-6-2)23(3)30-33-29-13-10-9-12-28(29)32(37)35(30)26-18-20-27(38-4)21-19-26/h9-10,12-21,23H,5-8,11,22H2,1-4H3. The zero-order valence-corrected chi connectivity index (χ0v) is 22.8. The molecule has 1 aromatic heterocycles. The number of carbonyl (C=O) groups excluding carboxylic acids is 1. The fraction of sp³-hybridized carbons (Fsp3) is 0.344. The van der Waals surface area contributed by atoms with E-state index >= 15 is 0 Å². The van der Waals surface area contributed by atoms with E-state index in [1.807, 2.05) is 78.6 Å². The van der Waals surface area contributed by atoms with Crippen LogP contribution in [-0.4, -0.2) is 34.0 Å². The van der Waals surface area contributed by atoms with Crippen LogP contribution < -0.4 is 10.3 Å². The van der Waals surface area contributed by atoms with Gasteiger partial charge < -0.3 is 9.64 Å². The third-order valence-corrected chi connectivity index (χ3v) is 7.01. The molecule has 0 spiro atoms. The Bertz CT molecular complexity index is 1430. The molecule has 0 N–H and O–H groups in total. The van der Waals surface area contributed by atoms with Crippen molar-refractivity contribution in [2.45, 2.75) is 58.9 Å². The van der Waals surface area contributed by atoms with Crippen molar-refractivity contribution in [3.63, 3.8) is 0 Å². The lowest BCUT2D eigenvalue weighted by Crippen LogP contribution is -2.38. The highest BCUT2D eigenvalue weighted by Crippen LogP contribution is 2.26. The van der Waals surface area contributed by atoms with E-state index in [0.29, 0.717) is 40.3 Å². The van der Waals surface area contributed by atoms with Crippen LogP contribution >= 0.6 is 0 Å². The van der Waals surface area contributed by atoms with Gasteiger partial charge in [-0.3, -0.25) is 14.2 Å². The Balaban J connectivity index is 1.80. The molecule has 0 fully saturated rings. The van der Waals surface area contributed by atoms with Gasteiger partial charge in [-0.05, 0) is 80.3 Å². The van der Waals surface area contributed by atoms with Crippen molar-refractivity contribution in [2.75, 3.05) is 13.7 Å². The molecule has 1 unspecified atom stereocenters. The van der Waals surface area contributed by atoms with Gasteiger partial charge in [0.05, 0.1) is 29.7 Å². The number of hydrogen-bond acceptors (Lipinski definition) is 4.